The molecule has 3 amide bonds. The van der Waals surface area contributed by atoms with Gasteiger partial charge in [-0.05, 0) is 55.2 Å². The molecule has 2 aromatic carbocycles. The van der Waals surface area contributed by atoms with E-state index in [0.29, 0.717) is 31.9 Å². The highest BCUT2D eigenvalue weighted by Crippen LogP contribution is 2.33. The minimum atomic E-state index is -0.283. The summed E-state index contributed by atoms with van der Waals surface area (Å²) in [6, 6.07) is 13.9. The first kappa shape index (κ1) is 23.0. The van der Waals surface area contributed by atoms with Crippen LogP contribution in [-0.4, -0.2) is 53.0 Å². The SMILES string of the molecule is Cc1ncc(-c2ccc(F)cc2)c([C@H]2CCCN(C(=O)Cc3ccc(N4CCNC4=O)cc3)C2)n1. The number of aromatic nitrogens is 2. The molecule has 1 aromatic heterocycles. The zero-order valence-corrected chi connectivity index (χ0v) is 19.7. The Hall–Kier alpha value is -3.81. The molecule has 7 nitrogen and oxygen atoms in total. The second-order valence-corrected chi connectivity index (χ2v) is 9.13. The van der Waals surface area contributed by atoms with Gasteiger partial charge < -0.3 is 10.2 Å². The lowest BCUT2D eigenvalue weighted by atomic mass is 9.89. The summed E-state index contributed by atoms with van der Waals surface area (Å²) in [7, 11) is 0. The highest BCUT2D eigenvalue weighted by atomic mass is 19.1. The topological polar surface area (TPSA) is 78.4 Å². The molecule has 35 heavy (non-hydrogen) atoms. The van der Waals surface area contributed by atoms with Crippen LogP contribution in [0.15, 0.2) is 54.7 Å². The van der Waals surface area contributed by atoms with E-state index in [9.17, 15) is 14.0 Å². The van der Waals surface area contributed by atoms with Gasteiger partial charge >= 0.3 is 6.03 Å². The highest BCUT2D eigenvalue weighted by Gasteiger charge is 2.28. The number of urea groups is 1. The highest BCUT2D eigenvalue weighted by molar-refractivity contribution is 5.94. The lowest BCUT2D eigenvalue weighted by molar-refractivity contribution is -0.131. The van der Waals surface area contributed by atoms with E-state index < -0.39 is 0 Å². The van der Waals surface area contributed by atoms with Crippen LogP contribution in [0.4, 0.5) is 14.9 Å². The molecule has 1 atom stereocenters. The molecule has 0 bridgehead atoms. The number of aryl methyl sites for hydroxylation is 1. The number of benzene rings is 2. The number of rotatable bonds is 5. The third-order valence-electron chi connectivity index (χ3n) is 6.71. The summed E-state index contributed by atoms with van der Waals surface area (Å²) in [6.45, 7) is 4.46. The largest absolute Gasteiger partial charge is 0.342 e. The van der Waals surface area contributed by atoms with Crippen molar-refractivity contribution >= 4 is 17.6 Å². The number of halogens is 1. The molecule has 180 valence electrons. The molecular weight excluding hydrogens is 445 g/mol. The number of hydrogen-bond acceptors (Lipinski definition) is 4. The van der Waals surface area contributed by atoms with Crippen molar-refractivity contribution in [1.82, 2.24) is 20.2 Å². The molecule has 2 fully saturated rings. The number of carbonyl (C=O) groups excluding carboxylic acids is 2. The van der Waals surface area contributed by atoms with Crippen molar-refractivity contribution < 1.29 is 14.0 Å². The molecule has 0 spiro atoms. The van der Waals surface area contributed by atoms with Gasteiger partial charge in [-0.2, -0.15) is 0 Å². The van der Waals surface area contributed by atoms with Crippen LogP contribution < -0.4 is 10.2 Å². The maximum atomic E-state index is 13.5. The standard InChI is InChI=1S/C27H28FN5O2/c1-18-30-16-24(20-6-8-22(28)9-7-20)26(31-18)21-3-2-13-32(17-21)25(34)15-19-4-10-23(11-5-19)33-14-12-29-27(33)35/h4-11,16,21H,2-3,12-15,17H2,1H3,(H,29,35)/t21-/m0/s1. The van der Waals surface area contributed by atoms with Crippen molar-refractivity contribution in [1.29, 1.82) is 0 Å². The van der Waals surface area contributed by atoms with Gasteiger partial charge in [0.15, 0.2) is 0 Å². The van der Waals surface area contributed by atoms with Crippen molar-refractivity contribution in [3.05, 3.63) is 77.6 Å². The number of carbonyl (C=O) groups is 2. The zero-order chi connectivity index (χ0) is 24.4. The fraction of sp³-hybridized carbons (Fsp3) is 0.333. The molecular formula is C27H28FN5O2. The van der Waals surface area contributed by atoms with Gasteiger partial charge in [0.1, 0.15) is 11.6 Å². The van der Waals surface area contributed by atoms with E-state index in [4.69, 9.17) is 4.98 Å². The Balaban J connectivity index is 1.30. The minimum Gasteiger partial charge on any atom is -0.342 e. The zero-order valence-electron chi connectivity index (χ0n) is 19.7. The van der Waals surface area contributed by atoms with Crippen LogP contribution in [0.5, 0.6) is 0 Å². The normalized spacial score (nSPS) is 18.0. The Morgan fingerprint density at radius 1 is 1.11 bits per heavy atom. The molecule has 0 unspecified atom stereocenters. The van der Waals surface area contributed by atoms with Gasteiger partial charge in [-0.3, -0.25) is 9.69 Å². The number of hydrogen-bond donors (Lipinski definition) is 1. The van der Waals surface area contributed by atoms with E-state index in [0.717, 1.165) is 47.5 Å². The first-order chi connectivity index (χ1) is 17.0. The summed E-state index contributed by atoms with van der Waals surface area (Å²) in [5.74, 6) is 0.566. The maximum Gasteiger partial charge on any atom is 0.321 e. The van der Waals surface area contributed by atoms with E-state index in [-0.39, 0.29) is 23.7 Å². The van der Waals surface area contributed by atoms with Crippen LogP contribution in [-0.2, 0) is 11.2 Å². The predicted octanol–water partition coefficient (Wildman–Crippen LogP) is 4.07. The average Bonchev–Trinajstić information content (AvgIpc) is 3.31. The molecule has 0 radical (unpaired) electrons. The van der Waals surface area contributed by atoms with Crippen LogP contribution in [0.2, 0.25) is 0 Å². The van der Waals surface area contributed by atoms with Crippen LogP contribution in [0.1, 0.15) is 35.8 Å². The fourth-order valence-electron chi connectivity index (χ4n) is 4.88. The van der Waals surface area contributed by atoms with Crippen LogP contribution in [0, 0.1) is 12.7 Å². The number of nitrogens with one attached hydrogen (secondary N) is 1. The Morgan fingerprint density at radius 2 is 1.89 bits per heavy atom. The molecule has 3 aromatic rings. The lowest BCUT2D eigenvalue weighted by Crippen LogP contribution is -2.40. The Bertz CT molecular complexity index is 1230. The smallest absolute Gasteiger partial charge is 0.321 e. The van der Waals surface area contributed by atoms with E-state index in [1.54, 1.807) is 23.2 Å². The van der Waals surface area contributed by atoms with E-state index in [2.05, 4.69) is 10.3 Å². The second-order valence-electron chi connectivity index (χ2n) is 9.13. The van der Waals surface area contributed by atoms with E-state index in [1.165, 1.54) is 12.1 Å². The fourth-order valence-corrected chi connectivity index (χ4v) is 4.88. The van der Waals surface area contributed by atoms with Crippen LogP contribution in [0.25, 0.3) is 11.1 Å². The van der Waals surface area contributed by atoms with Gasteiger partial charge in [0.05, 0.1) is 12.1 Å². The first-order valence-electron chi connectivity index (χ1n) is 12.0. The average molecular weight is 474 g/mol. The van der Waals surface area contributed by atoms with Gasteiger partial charge in [0.2, 0.25) is 5.91 Å². The number of anilines is 1. The van der Waals surface area contributed by atoms with Gasteiger partial charge in [-0.15, -0.1) is 0 Å². The van der Waals surface area contributed by atoms with E-state index >= 15 is 0 Å². The summed E-state index contributed by atoms with van der Waals surface area (Å²) in [5, 5.41) is 2.80. The molecule has 0 saturated carbocycles. The van der Waals surface area contributed by atoms with Gasteiger partial charge in [-0.1, -0.05) is 24.3 Å². The van der Waals surface area contributed by atoms with Crippen LogP contribution >= 0.6 is 0 Å². The Morgan fingerprint density at radius 3 is 2.60 bits per heavy atom. The maximum absolute atomic E-state index is 13.5. The number of piperidine rings is 1. The minimum absolute atomic E-state index is 0.0791. The number of likely N-dealkylation sites (tertiary alicyclic amines) is 1. The summed E-state index contributed by atoms with van der Waals surface area (Å²) >= 11 is 0. The quantitative estimate of drug-likeness (QED) is 0.606. The third-order valence-corrected chi connectivity index (χ3v) is 6.71. The van der Waals surface area contributed by atoms with E-state index in [1.807, 2.05) is 36.1 Å². The van der Waals surface area contributed by atoms with Crippen molar-refractivity contribution in [3.63, 3.8) is 0 Å². The predicted molar refractivity (Wildman–Crippen MR) is 132 cm³/mol. The van der Waals surface area contributed by atoms with Crippen molar-refractivity contribution in [2.75, 3.05) is 31.1 Å². The molecule has 1 N–H and O–H groups in total. The van der Waals surface area contributed by atoms with Gasteiger partial charge in [-0.25, -0.2) is 19.2 Å². The van der Waals surface area contributed by atoms with Gasteiger partial charge in [0, 0.05) is 49.5 Å². The van der Waals surface area contributed by atoms with Crippen molar-refractivity contribution in [3.8, 4) is 11.1 Å². The van der Waals surface area contributed by atoms with Gasteiger partial charge in [0.25, 0.3) is 0 Å². The van der Waals surface area contributed by atoms with Crippen LogP contribution in [0.3, 0.4) is 0 Å². The first-order valence-corrected chi connectivity index (χ1v) is 12.0. The third kappa shape index (κ3) is 5.01. The molecule has 2 aliphatic heterocycles. The summed E-state index contributed by atoms with van der Waals surface area (Å²) in [5.41, 5.74) is 4.43. The van der Waals surface area contributed by atoms with Crippen molar-refractivity contribution in [2.45, 2.75) is 32.1 Å². The summed E-state index contributed by atoms with van der Waals surface area (Å²) in [4.78, 5) is 37.8. The second kappa shape index (κ2) is 9.82. The molecule has 5 rings (SSSR count). The Labute approximate surface area is 204 Å². The molecule has 0 aliphatic carbocycles. The summed E-state index contributed by atoms with van der Waals surface area (Å²) < 4.78 is 13.5. The monoisotopic (exact) mass is 473 g/mol. The number of amides is 3. The molecule has 2 saturated heterocycles. The molecule has 3 heterocycles. The Kier molecular flexibility index (Phi) is 6.44. The molecule has 2 aliphatic rings. The molecule has 8 heteroatoms. The van der Waals surface area contributed by atoms with Crippen molar-refractivity contribution in [2.24, 2.45) is 0 Å². The number of nitrogens with zero attached hydrogens (tertiary/aromatic N) is 4. The lowest BCUT2D eigenvalue weighted by Gasteiger charge is -2.33. The summed E-state index contributed by atoms with van der Waals surface area (Å²) in [6.07, 6.45) is 3.94.